The highest BCUT2D eigenvalue weighted by Gasteiger charge is 2.17. The minimum atomic E-state index is -1.44. The quantitative estimate of drug-likeness (QED) is 0.0972. The molecule has 0 spiro atoms. The SMILES string of the molecule is Cc1ccc(-n2[nH]c(COCc3ccccc3)c(N=Nc3cccc(-c4cccc(OC(=O)O)c4)c3O)c2=O)cc1C. The number of para-hydroxylation sites is 1. The second-order valence-electron chi connectivity index (χ2n) is 9.60. The zero-order chi connectivity index (χ0) is 29.6. The molecule has 0 bridgehead atoms. The zero-order valence-corrected chi connectivity index (χ0v) is 22.9. The summed E-state index contributed by atoms with van der Waals surface area (Å²) in [6, 6.07) is 26.5. The van der Waals surface area contributed by atoms with Gasteiger partial charge in [-0.25, -0.2) is 9.48 Å². The van der Waals surface area contributed by atoms with Crippen molar-refractivity contribution in [3.63, 3.8) is 0 Å². The lowest BCUT2D eigenvalue weighted by molar-refractivity contribution is 0.104. The molecule has 1 aromatic heterocycles. The van der Waals surface area contributed by atoms with Crippen LogP contribution in [0.25, 0.3) is 16.8 Å². The summed E-state index contributed by atoms with van der Waals surface area (Å²) in [5.74, 6) is -0.0913. The molecule has 0 amide bonds. The van der Waals surface area contributed by atoms with Gasteiger partial charge in [0.2, 0.25) is 0 Å². The number of carboxylic acid groups (broad SMARTS) is 1. The molecule has 10 heteroatoms. The molecule has 4 aromatic carbocycles. The van der Waals surface area contributed by atoms with Crippen molar-refractivity contribution in [2.45, 2.75) is 27.1 Å². The van der Waals surface area contributed by atoms with Crippen LogP contribution in [0.1, 0.15) is 22.4 Å². The van der Waals surface area contributed by atoms with E-state index in [4.69, 9.17) is 14.6 Å². The van der Waals surface area contributed by atoms with Crippen LogP contribution in [0.4, 0.5) is 16.2 Å². The molecule has 0 aliphatic heterocycles. The molecule has 10 nitrogen and oxygen atoms in total. The summed E-state index contributed by atoms with van der Waals surface area (Å²) in [7, 11) is 0. The van der Waals surface area contributed by atoms with Crippen LogP contribution in [0.2, 0.25) is 0 Å². The third-order valence-corrected chi connectivity index (χ3v) is 6.67. The summed E-state index contributed by atoms with van der Waals surface area (Å²) in [5.41, 5.74) is 4.81. The van der Waals surface area contributed by atoms with Crippen LogP contribution < -0.4 is 10.3 Å². The van der Waals surface area contributed by atoms with Crippen molar-refractivity contribution in [3.8, 4) is 28.3 Å². The molecular formula is C32H28N4O6. The minimum Gasteiger partial charge on any atom is -0.505 e. The van der Waals surface area contributed by atoms with E-state index in [9.17, 15) is 14.7 Å². The predicted octanol–water partition coefficient (Wildman–Crippen LogP) is 7.34. The lowest BCUT2D eigenvalue weighted by Gasteiger charge is -2.08. The third-order valence-electron chi connectivity index (χ3n) is 6.67. The van der Waals surface area contributed by atoms with Crippen LogP contribution in [-0.2, 0) is 18.0 Å². The number of phenols is 1. The number of nitrogens with one attached hydrogen (secondary N) is 1. The molecular weight excluding hydrogens is 536 g/mol. The lowest BCUT2D eigenvalue weighted by atomic mass is 10.0. The van der Waals surface area contributed by atoms with Crippen LogP contribution in [0, 0.1) is 13.8 Å². The van der Waals surface area contributed by atoms with E-state index in [0.29, 0.717) is 29.1 Å². The van der Waals surface area contributed by atoms with Gasteiger partial charge in [0.15, 0.2) is 11.4 Å². The molecule has 1 heterocycles. The molecule has 0 radical (unpaired) electrons. The second-order valence-corrected chi connectivity index (χ2v) is 9.60. The van der Waals surface area contributed by atoms with Crippen molar-refractivity contribution in [2.24, 2.45) is 10.2 Å². The van der Waals surface area contributed by atoms with Crippen molar-refractivity contribution in [1.82, 2.24) is 9.78 Å². The van der Waals surface area contributed by atoms with Crippen LogP contribution in [0.5, 0.6) is 11.5 Å². The fourth-order valence-electron chi connectivity index (χ4n) is 4.35. The molecule has 0 fully saturated rings. The van der Waals surface area contributed by atoms with Crippen LogP contribution in [0.3, 0.4) is 0 Å². The Hall–Kier alpha value is -5.48. The van der Waals surface area contributed by atoms with Gasteiger partial charge in [-0.05, 0) is 66.4 Å². The average molecular weight is 565 g/mol. The van der Waals surface area contributed by atoms with E-state index in [1.807, 2.05) is 62.4 Å². The van der Waals surface area contributed by atoms with Gasteiger partial charge >= 0.3 is 6.16 Å². The summed E-state index contributed by atoms with van der Waals surface area (Å²) in [5, 5.41) is 31.5. The normalized spacial score (nSPS) is 11.2. The van der Waals surface area contributed by atoms with Crippen LogP contribution >= 0.6 is 0 Å². The number of aromatic nitrogens is 2. The highest BCUT2D eigenvalue weighted by molar-refractivity contribution is 5.77. The van der Waals surface area contributed by atoms with Gasteiger partial charge in [0.25, 0.3) is 5.56 Å². The summed E-state index contributed by atoms with van der Waals surface area (Å²) < 4.78 is 12.0. The molecule has 212 valence electrons. The molecule has 42 heavy (non-hydrogen) atoms. The first kappa shape index (κ1) is 28.1. The molecule has 0 aliphatic rings. The average Bonchev–Trinajstić information content (AvgIpc) is 3.29. The maximum atomic E-state index is 13.5. The number of aromatic hydroxyl groups is 1. The van der Waals surface area contributed by atoms with E-state index in [-0.39, 0.29) is 29.5 Å². The Labute approximate surface area is 241 Å². The number of rotatable bonds is 9. The van der Waals surface area contributed by atoms with Gasteiger partial charge in [0.05, 0.1) is 24.6 Å². The van der Waals surface area contributed by atoms with Gasteiger partial charge < -0.3 is 19.7 Å². The predicted molar refractivity (Wildman–Crippen MR) is 157 cm³/mol. The number of aryl methyl sites for hydroxylation is 2. The number of hydrogen-bond donors (Lipinski definition) is 3. The summed E-state index contributed by atoms with van der Waals surface area (Å²) in [6.07, 6.45) is -1.44. The van der Waals surface area contributed by atoms with Crippen molar-refractivity contribution in [3.05, 3.63) is 124 Å². The molecule has 5 rings (SSSR count). The van der Waals surface area contributed by atoms with Gasteiger partial charge in [0, 0.05) is 5.56 Å². The van der Waals surface area contributed by atoms with Crippen molar-refractivity contribution in [2.75, 3.05) is 0 Å². The molecule has 0 saturated carbocycles. The van der Waals surface area contributed by atoms with Crippen LogP contribution in [-0.4, -0.2) is 26.1 Å². The number of nitrogens with zero attached hydrogens (tertiary/aromatic N) is 3. The van der Waals surface area contributed by atoms with E-state index in [2.05, 4.69) is 15.3 Å². The smallest absolute Gasteiger partial charge is 0.505 e. The van der Waals surface area contributed by atoms with Crippen molar-refractivity contribution < 1.29 is 24.5 Å². The van der Waals surface area contributed by atoms with Gasteiger partial charge in [-0.2, -0.15) is 0 Å². The number of ether oxygens (including phenoxy) is 2. The molecule has 0 atom stereocenters. The summed E-state index contributed by atoms with van der Waals surface area (Å²) in [4.78, 5) is 24.5. The fourth-order valence-corrected chi connectivity index (χ4v) is 4.35. The van der Waals surface area contributed by atoms with E-state index in [1.165, 1.54) is 16.8 Å². The molecule has 0 saturated heterocycles. The highest BCUT2D eigenvalue weighted by atomic mass is 16.7. The molecule has 0 unspecified atom stereocenters. The topological polar surface area (TPSA) is 138 Å². The Balaban J connectivity index is 1.49. The third kappa shape index (κ3) is 6.29. The Morgan fingerprint density at radius 2 is 1.67 bits per heavy atom. The first-order valence-electron chi connectivity index (χ1n) is 13.1. The molecule has 5 aromatic rings. The Bertz CT molecular complexity index is 1830. The second kappa shape index (κ2) is 12.4. The first-order chi connectivity index (χ1) is 20.3. The Morgan fingerprint density at radius 1 is 0.881 bits per heavy atom. The number of benzene rings is 4. The zero-order valence-electron chi connectivity index (χ0n) is 22.9. The van der Waals surface area contributed by atoms with Gasteiger partial charge in [0.1, 0.15) is 11.4 Å². The van der Waals surface area contributed by atoms with E-state index in [1.54, 1.807) is 30.3 Å². The summed E-state index contributed by atoms with van der Waals surface area (Å²) in [6.45, 7) is 4.37. The monoisotopic (exact) mass is 564 g/mol. The van der Waals surface area contributed by atoms with Crippen LogP contribution in [0.15, 0.2) is 106 Å². The van der Waals surface area contributed by atoms with Gasteiger partial charge in [-0.1, -0.05) is 60.7 Å². The van der Waals surface area contributed by atoms with E-state index < -0.39 is 11.7 Å². The highest BCUT2D eigenvalue weighted by Crippen LogP contribution is 2.38. The Kier molecular flexibility index (Phi) is 8.26. The van der Waals surface area contributed by atoms with Crippen molar-refractivity contribution in [1.29, 1.82) is 0 Å². The number of hydrogen-bond acceptors (Lipinski definition) is 7. The first-order valence-corrected chi connectivity index (χ1v) is 13.1. The molecule has 0 aliphatic carbocycles. The largest absolute Gasteiger partial charge is 0.511 e. The number of azo groups is 1. The minimum absolute atomic E-state index is 0.0444. The maximum absolute atomic E-state index is 13.5. The molecule has 3 N–H and O–H groups in total. The Morgan fingerprint density at radius 3 is 2.43 bits per heavy atom. The van der Waals surface area contributed by atoms with Gasteiger partial charge in [-0.15, -0.1) is 10.2 Å². The number of carbonyl (C=O) groups is 1. The van der Waals surface area contributed by atoms with Gasteiger partial charge in [-0.3, -0.25) is 9.89 Å². The standard InChI is InChI=1S/C32H28N4O6/c1-20-14-15-24(16-21(20)2)36-31(38)29(28(35-36)19-41-18-22-8-4-3-5-9-22)34-33-27-13-7-12-26(30(27)37)23-10-6-11-25(17-23)42-32(39)40/h3-17,35,37H,18-19H2,1-2H3,(H,39,40). The van der Waals surface area contributed by atoms with E-state index in [0.717, 1.165) is 16.7 Å². The lowest BCUT2D eigenvalue weighted by Crippen LogP contribution is -2.14. The fraction of sp³-hybridized carbons (Fsp3) is 0.125. The van der Waals surface area contributed by atoms with Crippen molar-refractivity contribution >= 4 is 17.5 Å². The summed E-state index contributed by atoms with van der Waals surface area (Å²) >= 11 is 0. The number of phenolic OH excluding ortho intramolecular Hbond substituents is 1. The number of aromatic amines is 1. The number of H-pyrrole nitrogens is 1. The van der Waals surface area contributed by atoms with E-state index >= 15 is 0 Å². The maximum Gasteiger partial charge on any atom is 0.511 e.